The third-order valence-corrected chi connectivity index (χ3v) is 5.37. The SMILES string of the molecule is Cc1cc(N2CCC[C@@H](c3nnc(CN4CCOCC4)n3C)C2)ncn1. The van der Waals surface area contributed by atoms with Crippen LogP contribution in [0.5, 0.6) is 0 Å². The van der Waals surface area contributed by atoms with Gasteiger partial charge in [-0.15, -0.1) is 10.2 Å². The summed E-state index contributed by atoms with van der Waals surface area (Å²) in [6.07, 6.45) is 3.93. The molecular formula is C18H27N7O. The quantitative estimate of drug-likeness (QED) is 0.812. The van der Waals surface area contributed by atoms with Crippen LogP contribution in [-0.2, 0) is 18.3 Å². The Hall–Kier alpha value is -2.06. The predicted molar refractivity (Wildman–Crippen MR) is 98.1 cm³/mol. The third kappa shape index (κ3) is 3.71. The molecule has 2 aliphatic rings. The normalized spacial score (nSPS) is 21.9. The fourth-order valence-electron chi connectivity index (χ4n) is 3.84. The lowest BCUT2D eigenvalue weighted by molar-refractivity contribution is 0.0326. The van der Waals surface area contributed by atoms with Crippen LogP contribution < -0.4 is 4.90 Å². The zero-order chi connectivity index (χ0) is 17.9. The molecule has 8 heteroatoms. The van der Waals surface area contributed by atoms with Crippen molar-refractivity contribution >= 4 is 5.82 Å². The van der Waals surface area contributed by atoms with Gasteiger partial charge in [0.05, 0.1) is 19.8 Å². The number of morpholine rings is 1. The second kappa shape index (κ2) is 7.67. The molecule has 2 aromatic rings. The Morgan fingerprint density at radius 3 is 2.81 bits per heavy atom. The summed E-state index contributed by atoms with van der Waals surface area (Å²) in [6, 6.07) is 2.06. The maximum absolute atomic E-state index is 5.43. The molecule has 2 fully saturated rings. The minimum Gasteiger partial charge on any atom is -0.379 e. The zero-order valence-corrected chi connectivity index (χ0v) is 15.6. The minimum atomic E-state index is 0.384. The van der Waals surface area contributed by atoms with E-state index >= 15 is 0 Å². The lowest BCUT2D eigenvalue weighted by atomic mass is 9.97. The van der Waals surface area contributed by atoms with Gasteiger partial charge < -0.3 is 14.2 Å². The summed E-state index contributed by atoms with van der Waals surface area (Å²) in [6.45, 7) is 8.35. The zero-order valence-electron chi connectivity index (χ0n) is 15.6. The van der Waals surface area contributed by atoms with Crippen molar-refractivity contribution < 1.29 is 4.74 Å². The first-order valence-electron chi connectivity index (χ1n) is 9.42. The Labute approximate surface area is 154 Å². The smallest absolute Gasteiger partial charge is 0.146 e. The van der Waals surface area contributed by atoms with E-state index in [4.69, 9.17) is 4.74 Å². The van der Waals surface area contributed by atoms with Gasteiger partial charge in [-0.25, -0.2) is 9.97 Å². The largest absolute Gasteiger partial charge is 0.379 e. The van der Waals surface area contributed by atoms with Gasteiger partial charge in [-0.1, -0.05) is 0 Å². The summed E-state index contributed by atoms with van der Waals surface area (Å²) in [7, 11) is 2.10. The highest BCUT2D eigenvalue weighted by molar-refractivity contribution is 5.39. The molecule has 140 valence electrons. The molecule has 26 heavy (non-hydrogen) atoms. The predicted octanol–water partition coefficient (Wildman–Crippen LogP) is 1.13. The molecule has 0 radical (unpaired) electrons. The number of hydrogen-bond acceptors (Lipinski definition) is 7. The Morgan fingerprint density at radius 2 is 2.00 bits per heavy atom. The van der Waals surface area contributed by atoms with Gasteiger partial charge in [0.1, 0.15) is 23.8 Å². The number of aromatic nitrogens is 5. The number of hydrogen-bond donors (Lipinski definition) is 0. The Morgan fingerprint density at radius 1 is 1.15 bits per heavy atom. The van der Waals surface area contributed by atoms with E-state index in [1.165, 1.54) is 0 Å². The van der Waals surface area contributed by atoms with Gasteiger partial charge in [0.15, 0.2) is 0 Å². The van der Waals surface area contributed by atoms with Crippen LogP contribution in [0.25, 0.3) is 0 Å². The van der Waals surface area contributed by atoms with Gasteiger partial charge in [0, 0.05) is 50.9 Å². The summed E-state index contributed by atoms with van der Waals surface area (Å²) < 4.78 is 7.62. The molecule has 0 aromatic carbocycles. The molecule has 2 saturated heterocycles. The van der Waals surface area contributed by atoms with E-state index in [1.807, 2.05) is 6.92 Å². The van der Waals surface area contributed by atoms with Crippen LogP contribution in [0, 0.1) is 6.92 Å². The summed E-state index contributed by atoms with van der Waals surface area (Å²) in [5.74, 6) is 3.52. The average Bonchev–Trinajstić information content (AvgIpc) is 3.03. The van der Waals surface area contributed by atoms with Crippen molar-refractivity contribution in [3.8, 4) is 0 Å². The van der Waals surface area contributed by atoms with E-state index in [-0.39, 0.29) is 0 Å². The highest BCUT2D eigenvalue weighted by Crippen LogP contribution is 2.28. The topological polar surface area (TPSA) is 72.2 Å². The molecule has 0 saturated carbocycles. The molecule has 0 bridgehead atoms. The molecule has 2 aromatic heterocycles. The van der Waals surface area contributed by atoms with Crippen molar-refractivity contribution in [2.75, 3.05) is 44.3 Å². The molecule has 0 unspecified atom stereocenters. The monoisotopic (exact) mass is 357 g/mol. The first-order chi connectivity index (χ1) is 12.7. The van der Waals surface area contributed by atoms with Crippen LogP contribution in [-0.4, -0.2) is 69.0 Å². The fraction of sp³-hybridized carbons (Fsp3) is 0.667. The van der Waals surface area contributed by atoms with E-state index in [0.717, 1.165) is 81.9 Å². The van der Waals surface area contributed by atoms with E-state index < -0.39 is 0 Å². The fourth-order valence-corrected chi connectivity index (χ4v) is 3.84. The van der Waals surface area contributed by atoms with Crippen molar-refractivity contribution in [1.29, 1.82) is 0 Å². The number of nitrogens with zero attached hydrogens (tertiary/aromatic N) is 7. The molecule has 1 atom stereocenters. The van der Waals surface area contributed by atoms with Crippen LogP contribution in [0.2, 0.25) is 0 Å². The third-order valence-electron chi connectivity index (χ3n) is 5.37. The molecule has 4 rings (SSSR count). The number of rotatable bonds is 4. The number of anilines is 1. The molecule has 0 spiro atoms. The lowest BCUT2D eigenvalue weighted by Gasteiger charge is -2.33. The van der Waals surface area contributed by atoms with Crippen LogP contribution in [0.1, 0.15) is 36.1 Å². The van der Waals surface area contributed by atoms with Crippen molar-refractivity contribution in [2.45, 2.75) is 32.2 Å². The molecule has 2 aliphatic heterocycles. The minimum absolute atomic E-state index is 0.384. The van der Waals surface area contributed by atoms with Crippen LogP contribution >= 0.6 is 0 Å². The van der Waals surface area contributed by atoms with E-state index in [0.29, 0.717) is 5.92 Å². The van der Waals surface area contributed by atoms with Crippen LogP contribution in [0.3, 0.4) is 0 Å². The molecule has 8 nitrogen and oxygen atoms in total. The first kappa shape index (κ1) is 17.4. The summed E-state index contributed by atoms with van der Waals surface area (Å²) in [5, 5.41) is 9.03. The van der Waals surface area contributed by atoms with E-state index in [2.05, 4.69) is 47.6 Å². The van der Waals surface area contributed by atoms with Gasteiger partial charge in [0.2, 0.25) is 0 Å². The van der Waals surface area contributed by atoms with Crippen LogP contribution in [0.4, 0.5) is 5.82 Å². The Balaban J connectivity index is 1.46. The second-order valence-electron chi connectivity index (χ2n) is 7.22. The molecule has 0 N–H and O–H groups in total. The summed E-state index contributed by atoms with van der Waals surface area (Å²) in [5.41, 5.74) is 1.00. The lowest BCUT2D eigenvalue weighted by Crippen LogP contribution is -2.37. The first-order valence-corrected chi connectivity index (χ1v) is 9.42. The Kier molecular flexibility index (Phi) is 5.12. The molecule has 0 amide bonds. The number of aryl methyl sites for hydroxylation is 1. The highest BCUT2D eigenvalue weighted by Gasteiger charge is 2.27. The summed E-state index contributed by atoms with van der Waals surface area (Å²) in [4.78, 5) is 13.4. The van der Waals surface area contributed by atoms with Gasteiger partial charge in [-0.3, -0.25) is 4.90 Å². The van der Waals surface area contributed by atoms with Gasteiger partial charge in [-0.2, -0.15) is 0 Å². The average molecular weight is 357 g/mol. The summed E-state index contributed by atoms with van der Waals surface area (Å²) >= 11 is 0. The van der Waals surface area contributed by atoms with Crippen molar-refractivity contribution in [2.24, 2.45) is 7.05 Å². The number of piperidine rings is 1. The van der Waals surface area contributed by atoms with Gasteiger partial charge in [-0.05, 0) is 19.8 Å². The van der Waals surface area contributed by atoms with Gasteiger partial charge >= 0.3 is 0 Å². The van der Waals surface area contributed by atoms with Crippen molar-refractivity contribution in [3.05, 3.63) is 29.7 Å². The Bertz CT molecular complexity index is 741. The molecule has 4 heterocycles. The molecular weight excluding hydrogens is 330 g/mol. The maximum Gasteiger partial charge on any atom is 0.146 e. The van der Waals surface area contributed by atoms with E-state index in [1.54, 1.807) is 6.33 Å². The second-order valence-corrected chi connectivity index (χ2v) is 7.22. The van der Waals surface area contributed by atoms with Crippen molar-refractivity contribution in [1.82, 2.24) is 29.6 Å². The van der Waals surface area contributed by atoms with Crippen molar-refractivity contribution in [3.63, 3.8) is 0 Å². The molecule has 0 aliphatic carbocycles. The standard InChI is InChI=1S/C18H27N7O/c1-14-10-16(20-13-19-14)25-5-3-4-15(11-25)18-22-21-17(23(18)2)12-24-6-8-26-9-7-24/h10,13,15H,3-9,11-12H2,1-2H3/t15-/m1/s1. The maximum atomic E-state index is 5.43. The van der Waals surface area contributed by atoms with E-state index in [9.17, 15) is 0 Å². The van der Waals surface area contributed by atoms with Crippen LogP contribution in [0.15, 0.2) is 12.4 Å². The van der Waals surface area contributed by atoms with Gasteiger partial charge in [0.25, 0.3) is 0 Å². The highest BCUT2D eigenvalue weighted by atomic mass is 16.5. The number of ether oxygens (including phenoxy) is 1.